The number of rotatable bonds is 6. The van der Waals surface area contributed by atoms with Gasteiger partial charge in [0, 0.05) is 13.1 Å². The van der Waals surface area contributed by atoms with E-state index in [4.69, 9.17) is 0 Å². The maximum atomic E-state index is 3.32. The number of nitrogens with one attached hydrogen (secondary N) is 1. The maximum absolute atomic E-state index is 3.32. The lowest BCUT2D eigenvalue weighted by molar-refractivity contribution is 0.813. The Bertz CT molecular complexity index is 187. The number of hydrogen-bond donors (Lipinski definition) is 1. The predicted molar refractivity (Wildman–Crippen MR) is 60.9 cm³/mol. The Hall–Kier alpha value is -0.820. The zero-order valence-electron chi connectivity index (χ0n) is 9.01. The first kappa shape index (κ1) is 12.2. The van der Waals surface area contributed by atoms with Crippen molar-refractivity contribution in [3.63, 3.8) is 0 Å². The molecule has 1 nitrogen and oxygen atoms in total. The van der Waals surface area contributed by atoms with Gasteiger partial charge in [0.1, 0.15) is 0 Å². The van der Waals surface area contributed by atoms with Gasteiger partial charge >= 0.3 is 0 Å². The van der Waals surface area contributed by atoms with Gasteiger partial charge in [0.05, 0.1) is 0 Å². The van der Waals surface area contributed by atoms with Crippen molar-refractivity contribution in [3.8, 4) is 0 Å². The maximum Gasteiger partial charge on any atom is 0.0164 e. The van der Waals surface area contributed by atoms with Gasteiger partial charge in [-0.2, -0.15) is 0 Å². The predicted octanol–water partition coefficient (Wildman–Crippen LogP) is 3.06. The third-order valence-corrected chi connectivity index (χ3v) is 1.78. The minimum Gasteiger partial charge on any atom is -0.310 e. The fraction of sp³-hybridized carbons (Fsp3) is 0.500. The summed E-state index contributed by atoms with van der Waals surface area (Å²) in [5.41, 5.74) is 1.39. The van der Waals surface area contributed by atoms with Gasteiger partial charge in [0.25, 0.3) is 0 Å². The van der Waals surface area contributed by atoms with E-state index in [1.54, 1.807) is 0 Å². The summed E-state index contributed by atoms with van der Waals surface area (Å²) in [6.07, 6.45) is 11.7. The number of hydrogen-bond acceptors (Lipinski definition) is 1. The topological polar surface area (TPSA) is 12.0 Å². The third kappa shape index (κ3) is 9.09. The molecule has 0 heterocycles. The van der Waals surface area contributed by atoms with E-state index in [9.17, 15) is 0 Å². The van der Waals surface area contributed by atoms with Crippen LogP contribution in [0.5, 0.6) is 0 Å². The van der Waals surface area contributed by atoms with Gasteiger partial charge in [-0.1, -0.05) is 42.9 Å². The standard InChI is InChI=1S/C12H21N/c1-4-6-7-8-9-10-13-11-12(3)5-2/h5-9,13H,4,10-11H2,1-3H3/b7-6-,9-8-,12-5+. The molecule has 0 fully saturated rings. The number of allylic oxidation sites excluding steroid dienone is 4. The molecule has 0 aliphatic heterocycles. The minimum absolute atomic E-state index is 0.944. The lowest BCUT2D eigenvalue weighted by Gasteiger charge is -1.99. The Labute approximate surface area is 82.2 Å². The van der Waals surface area contributed by atoms with Crippen molar-refractivity contribution in [3.05, 3.63) is 36.0 Å². The summed E-state index contributed by atoms with van der Waals surface area (Å²) >= 11 is 0. The smallest absolute Gasteiger partial charge is 0.0164 e. The van der Waals surface area contributed by atoms with E-state index in [0.29, 0.717) is 0 Å². The van der Waals surface area contributed by atoms with Gasteiger partial charge in [-0.15, -0.1) is 0 Å². The summed E-state index contributed by atoms with van der Waals surface area (Å²) in [6.45, 7) is 8.26. The van der Waals surface area contributed by atoms with Crippen LogP contribution < -0.4 is 5.32 Å². The lowest BCUT2D eigenvalue weighted by Crippen LogP contribution is -2.15. The van der Waals surface area contributed by atoms with Gasteiger partial charge in [0.2, 0.25) is 0 Å². The second-order valence-corrected chi connectivity index (χ2v) is 3.03. The highest BCUT2D eigenvalue weighted by atomic mass is 14.8. The summed E-state index contributed by atoms with van der Waals surface area (Å²) in [6, 6.07) is 0. The molecule has 0 aromatic heterocycles. The van der Waals surface area contributed by atoms with E-state index in [-0.39, 0.29) is 0 Å². The van der Waals surface area contributed by atoms with Gasteiger partial charge < -0.3 is 5.32 Å². The molecule has 0 aromatic carbocycles. The molecule has 0 unspecified atom stereocenters. The summed E-state index contributed by atoms with van der Waals surface area (Å²) in [7, 11) is 0. The van der Waals surface area contributed by atoms with Crippen LogP contribution in [0.3, 0.4) is 0 Å². The molecule has 74 valence electrons. The SMILES string of the molecule is C/C=C(\C)CNC/C=C\C=C/CC. The zero-order valence-corrected chi connectivity index (χ0v) is 9.01. The molecule has 0 aliphatic carbocycles. The van der Waals surface area contributed by atoms with E-state index in [0.717, 1.165) is 19.5 Å². The van der Waals surface area contributed by atoms with Crippen molar-refractivity contribution in [2.24, 2.45) is 0 Å². The third-order valence-electron chi connectivity index (χ3n) is 1.78. The van der Waals surface area contributed by atoms with Crippen molar-refractivity contribution in [1.82, 2.24) is 5.32 Å². The molecule has 0 saturated heterocycles. The van der Waals surface area contributed by atoms with E-state index < -0.39 is 0 Å². The van der Waals surface area contributed by atoms with Crippen LogP contribution in [0.15, 0.2) is 36.0 Å². The van der Waals surface area contributed by atoms with Crippen LogP contribution >= 0.6 is 0 Å². The van der Waals surface area contributed by atoms with Crippen LogP contribution in [0.1, 0.15) is 27.2 Å². The van der Waals surface area contributed by atoms with E-state index in [1.165, 1.54) is 5.57 Å². The molecular weight excluding hydrogens is 158 g/mol. The van der Waals surface area contributed by atoms with Gasteiger partial charge in [-0.05, 0) is 20.3 Å². The van der Waals surface area contributed by atoms with Crippen LogP contribution in [-0.2, 0) is 0 Å². The van der Waals surface area contributed by atoms with E-state index >= 15 is 0 Å². The average Bonchev–Trinajstić information content (AvgIpc) is 2.16. The van der Waals surface area contributed by atoms with Gasteiger partial charge in [-0.3, -0.25) is 0 Å². The Morgan fingerprint density at radius 2 is 1.92 bits per heavy atom. The average molecular weight is 179 g/mol. The van der Waals surface area contributed by atoms with Crippen molar-refractivity contribution in [2.45, 2.75) is 27.2 Å². The Balaban J connectivity index is 3.35. The molecule has 0 aliphatic rings. The molecule has 0 atom stereocenters. The molecule has 0 amide bonds. The molecular formula is C12H21N. The van der Waals surface area contributed by atoms with Crippen molar-refractivity contribution >= 4 is 0 Å². The quantitative estimate of drug-likeness (QED) is 0.375. The summed E-state index contributed by atoms with van der Waals surface area (Å²) in [4.78, 5) is 0. The van der Waals surface area contributed by atoms with Crippen LogP contribution in [0.4, 0.5) is 0 Å². The zero-order chi connectivity index (χ0) is 9.94. The Kier molecular flexibility index (Phi) is 8.68. The van der Waals surface area contributed by atoms with Gasteiger partial charge in [0.15, 0.2) is 0 Å². The normalized spacial score (nSPS) is 13.3. The van der Waals surface area contributed by atoms with Crippen molar-refractivity contribution < 1.29 is 0 Å². The summed E-state index contributed by atoms with van der Waals surface area (Å²) in [5, 5.41) is 3.32. The molecule has 0 rings (SSSR count). The highest BCUT2D eigenvalue weighted by molar-refractivity contribution is 5.04. The first-order valence-electron chi connectivity index (χ1n) is 4.95. The second kappa shape index (κ2) is 9.27. The van der Waals surface area contributed by atoms with Crippen LogP contribution in [0.25, 0.3) is 0 Å². The van der Waals surface area contributed by atoms with Crippen LogP contribution in [-0.4, -0.2) is 13.1 Å². The van der Waals surface area contributed by atoms with Gasteiger partial charge in [-0.25, -0.2) is 0 Å². The van der Waals surface area contributed by atoms with Crippen LogP contribution in [0, 0.1) is 0 Å². The first-order chi connectivity index (χ1) is 6.31. The fourth-order valence-corrected chi connectivity index (χ4v) is 0.816. The molecule has 0 bridgehead atoms. The Morgan fingerprint density at radius 3 is 2.54 bits per heavy atom. The monoisotopic (exact) mass is 179 g/mol. The fourth-order valence-electron chi connectivity index (χ4n) is 0.816. The van der Waals surface area contributed by atoms with E-state index in [1.807, 2.05) is 0 Å². The van der Waals surface area contributed by atoms with E-state index in [2.05, 4.69) is 56.5 Å². The minimum atomic E-state index is 0.944. The molecule has 0 aromatic rings. The largest absolute Gasteiger partial charge is 0.310 e. The molecule has 1 heteroatoms. The molecule has 0 radical (unpaired) electrons. The van der Waals surface area contributed by atoms with Crippen molar-refractivity contribution in [1.29, 1.82) is 0 Å². The second-order valence-electron chi connectivity index (χ2n) is 3.03. The van der Waals surface area contributed by atoms with Crippen LogP contribution in [0.2, 0.25) is 0 Å². The summed E-state index contributed by atoms with van der Waals surface area (Å²) < 4.78 is 0. The van der Waals surface area contributed by atoms with Crippen molar-refractivity contribution in [2.75, 3.05) is 13.1 Å². The summed E-state index contributed by atoms with van der Waals surface area (Å²) in [5.74, 6) is 0. The lowest BCUT2D eigenvalue weighted by atomic mass is 10.3. The molecule has 1 N–H and O–H groups in total. The highest BCUT2D eigenvalue weighted by Gasteiger charge is 1.83. The molecule has 13 heavy (non-hydrogen) atoms. The highest BCUT2D eigenvalue weighted by Crippen LogP contribution is 1.87. The molecule has 0 saturated carbocycles. The Morgan fingerprint density at radius 1 is 1.23 bits per heavy atom. The first-order valence-corrected chi connectivity index (χ1v) is 4.95. The molecule has 0 spiro atoms.